The molecule has 7 nitrogen and oxygen atoms in total. The Morgan fingerprint density at radius 1 is 1.47 bits per heavy atom. The minimum atomic E-state index is -3.95. The molecule has 0 saturated carbocycles. The average molecular weight is 281 g/mol. The first-order valence-corrected chi connectivity index (χ1v) is 6.15. The van der Waals surface area contributed by atoms with Crippen LogP contribution in [-0.2, 0) is 14.9 Å². The van der Waals surface area contributed by atoms with E-state index < -0.39 is 20.6 Å². The Kier molecular flexibility index (Phi) is 4.04. The summed E-state index contributed by atoms with van der Waals surface area (Å²) >= 11 is 5.64. The highest BCUT2D eigenvalue weighted by molar-refractivity contribution is 7.89. The summed E-state index contributed by atoms with van der Waals surface area (Å²) < 4.78 is 23.3. The van der Waals surface area contributed by atoms with Crippen LogP contribution in [0.25, 0.3) is 0 Å². The molecule has 17 heavy (non-hydrogen) atoms. The topological polar surface area (TPSA) is 98.5 Å². The van der Waals surface area contributed by atoms with Crippen LogP contribution in [0.3, 0.4) is 0 Å². The lowest BCUT2D eigenvalue weighted by atomic mass is 10.2. The quantitative estimate of drug-likeness (QED) is 0.664. The fraction of sp³-hybridized carbons (Fsp3) is 0.250. The molecule has 9 heteroatoms. The molecule has 1 N–H and O–H groups in total. The number of nitro benzene ring substituents is 1. The standard InChI is InChI=1S/C8H9ClN2O5S/c1-5-3-6(9)7(11(12)13)4-8(5)17(14,15)10-16-2/h3-4,10H,1-2H3. The van der Waals surface area contributed by atoms with Crippen molar-refractivity contribution in [2.45, 2.75) is 11.8 Å². The number of halogens is 1. The van der Waals surface area contributed by atoms with Gasteiger partial charge in [0, 0.05) is 6.07 Å². The van der Waals surface area contributed by atoms with E-state index in [0.29, 0.717) is 0 Å². The normalized spacial score (nSPS) is 11.5. The number of sulfonamides is 1. The first-order chi connectivity index (χ1) is 7.79. The number of aryl methyl sites for hydroxylation is 1. The van der Waals surface area contributed by atoms with Gasteiger partial charge in [0.2, 0.25) is 0 Å². The van der Waals surface area contributed by atoms with E-state index in [1.807, 2.05) is 0 Å². The van der Waals surface area contributed by atoms with Crippen molar-refractivity contribution in [1.29, 1.82) is 0 Å². The maximum absolute atomic E-state index is 11.6. The molecule has 0 heterocycles. The molecular weight excluding hydrogens is 272 g/mol. The zero-order valence-electron chi connectivity index (χ0n) is 8.93. The molecule has 0 unspecified atom stereocenters. The second-order valence-corrected chi connectivity index (χ2v) is 5.14. The maximum atomic E-state index is 11.6. The molecule has 0 atom stereocenters. The predicted molar refractivity (Wildman–Crippen MR) is 60.2 cm³/mol. The van der Waals surface area contributed by atoms with Gasteiger partial charge in [-0.1, -0.05) is 16.5 Å². The Hall–Kier alpha value is -1.22. The third kappa shape index (κ3) is 2.91. The van der Waals surface area contributed by atoms with E-state index >= 15 is 0 Å². The van der Waals surface area contributed by atoms with Crippen molar-refractivity contribution < 1.29 is 18.2 Å². The molecule has 1 rings (SSSR count). The fourth-order valence-corrected chi connectivity index (χ4v) is 2.57. The molecular formula is C8H9ClN2O5S. The first kappa shape index (κ1) is 13.8. The Balaban J connectivity index is 3.45. The van der Waals surface area contributed by atoms with Crippen molar-refractivity contribution >= 4 is 27.3 Å². The number of hydrogen-bond acceptors (Lipinski definition) is 5. The van der Waals surface area contributed by atoms with Crippen LogP contribution < -0.4 is 4.89 Å². The highest BCUT2D eigenvalue weighted by Gasteiger charge is 2.23. The van der Waals surface area contributed by atoms with Crippen LogP contribution in [0.15, 0.2) is 17.0 Å². The lowest BCUT2D eigenvalue weighted by Crippen LogP contribution is -2.23. The molecule has 94 valence electrons. The molecule has 0 radical (unpaired) electrons. The summed E-state index contributed by atoms with van der Waals surface area (Å²) in [6.07, 6.45) is 0. The average Bonchev–Trinajstić information content (AvgIpc) is 2.15. The number of nitrogens with one attached hydrogen (secondary N) is 1. The highest BCUT2D eigenvalue weighted by Crippen LogP contribution is 2.29. The predicted octanol–water partition coefficient (Wildman–Crippen LogP) is 1.40. The van der Waals surface area contributed by atoms with Crippen LogP contribution in [0.4, 0.5) is 5.69 Å². The van der Waals surface area contributed by atoms with Crippen LogP contribution >= 0.6 is 11.6 Å². The van der Waals surface area contributed by atoms with Gasteiger partial charge in [-0.15, -0.1) is 0 Å². The van der Waals surface area contributed by atoms with Gasteiger partial charge < -0.3 is 0 Å². The summed E-state index contributed by atoms with van der Waals surface area (Å²) in [7, 11) is -2.83. The Morgan fingerprint density at radius 3 is 2.53 bits per heavy atom. The van der Waals surface area contributed by atoms with Gasteiger partial charge in [-0.25, -0.2) is 8.42 Å². The van der Waals surface area contributed by atoms with Crippen LogP contribution in [0.2, 0.25) is 5.02 Å². The number of benzene rings is 1. The molecule has 0 amide bonds. The molecule has 0 spiro atoms. The third-order valence-corrected chi connectivity index (χ3v) is 3.63. The van der Waals surface area contributed by atoms with Crippen molar-refractivity contribution in [2.75, 3.05) is 7.11 Å². The van der Waals surface area contributed by atoms with Crippen LogP contribution in [-0.4, -0.2) is 20.5 Å². The summed E-state index contributed by atoms with van der Waals surface area (Å²) in [6, 6.07) is 2.10. The summed E-state index contributed by atoms with van der Waals surface area (Å²) in [5.41, 5.74) is -0.195. The van der Waals surface area contributed by atoms with Gasteiger partial charge >= 0.3 is 0 Å². The zero-order chi connectivity index (χ0) is 13.2. The number of rotatable bonds is 4. The Labute approximate surface area is 102 Å². The molecule has 1 aromatic carbocycles. The van der Waals surface area contributed by atoms with Crippen molar-refractivity contribution in [3.05, 3.63) is 32.8 Å². The van der Waals surface area contributed by atoms with Crippen molar-refractivity contribution in [3.63, 3.8) is 0 Å². The van der Waals surface area contributed by atoms with Gasteiger partial charge in [0.1, 0.15) is 5.02 Å². The zero-order valence-corrected chi connectivity index (χ0v) is 10.5. The van der Waals surface area contributed by atoms with Gasteiger partial charge in [-0.05, 0) is 18.6 Å². The summed E-state index contributed by atoms with van der Waals surface area (Å²) in [4.78, 5) is 15.7. The summed E-state index contributed by atoms with van der Waals surface area (Å²) in [6.45, 7) is 1.47. The summed E-state index contributed by atoms with van der Waals surface area (Å²) in [5, 5.41) is 10.5. The molecule has 0 aliphatic heterocycles. The third-order valence-electron chi connectivity index (χ3n) is 1.92. The smallest absolute Gasteiger partial charge is 0.289 e. The van der Waals surface area contributed by atoms with Gasteiger partial charge in [-0.3, -0.25) is 15.0 Å². The first-order valence-electron chi connectivity index (χ1n) is 4.29. The van der Waals surface area contributed by atoms with E-state index in [-0.39, 0.29) is 15.5 Å². The van der Waals surface area contributed by atoms with Gasteiger partial charge in [0.05, 0.1) is 16.9 Å². The largest absolute Gasteiger partial charge is 0.290 e. The van der Waals surface area contributed by atoms with E-state index in [2.05, 4.69) is 4.84 Å². The van der Waals surface area contributed by atoms with Crippen LogP contribution in [0.1, 0.15) is 5.56 Å². The van der Waals surface area contributed by atoms with Crippen molar-refractivity contribution in [3.8, 4) is 0 Å². The van der Waals surface area contributed by atoms with E-state index in [0.717, 1.165) is 13.2 Å². The lowest BCUT2D eigenvalue weighted by Gasteiger charge is -2.07. The minimum absolute atomic E-state index is 0.121. The highest BCUT2D eigenvalue weighted by atomic mass is 35.5. The van der Waals surface area contributed by atoms with E-state index in [9.17, 15) is 18.5 Å². The second-order valence-electron chi connectivity index (χ2n) is 3.12. The minimum Gasteiger partial charge on any atom is -0.290 e. The molecule has 0 bridgehead atoms. The molecule has 0 aliphatic rings. The molecule has 0 fully saturated rings. The molecule has 0 aromatic heterocycles. The maximum Gasteiger partial charge on any atom is 0.289 e. The second kappa shape index (κ2) is 4.96. The summed E-state index contributed by atoms with van der Waals surface area (Å²) in [5.74, 6) is 0. The van der Waals surface area contributed by atoms with Crippen molar-refractivity contribution in [2.24, 2.45) is 0 Å². The Bertz CT molecular complexity index is 557. The van der Waals surface area contributed by atoms with Crippen molar-refractivity contribution in [1.82, 2.24) is 4.89 Å². The van der Waals surface area contributed by atoms with Gasteiger partial charge in [0.25, 0.3) is 15.7 Å². The van der Waals surface area contributed by atoms with Crippen LogP contribution in [0, 0.1) is 17.0 Å². The molecule has 1 aromatic rings. The van der Waals surface area contributed by atoms with Crippen LogP contribution in [0.5, 0.6) is 0 Å². The molecule has 0 saturated heterocycles. The number of nitro groups is 1. The lowest BCUT2D eigenvalue weighted by molar-refractivity contribution is -0.384. The number of hydrogen-bond donors (Lipinski definition) is 1. The number of nitrogens with zero attached hydrogens (tertiary/aromatic N) is 1. The van der Waals surface area contributed by atoms with Gasteiger partial charge in [-0.2, -0.15) is 0 Å². The van der Waals surface area contributed by atoms with Gasteiger partial charge in [0.15, 0.2) is 0 Å². The molecule has 0 aliphatic carbocycles. The monoisotopic (exact) mass is 280 g/mol. The SMILES string of the molecule is CONS(=O)(=O)c1cc([N+](=O)[O-])c(Cl)cc1C. The fourth-order valence-electron chi connectivity index (χ4n) is 1.23. The van der Waals surface area contributed by atoms with E-state index in [4.69, 9.17) is 11.6 Å². The van der Waals surface area contributed by atoms with E-state index in [1.165, 1.54) is 13.0 Å². The van der Waals surface area contributed by atoms with E-state index in [1.54, 1.807) is 4.89 Å². The Morgan fingerprint density at radius 2 is 2.06 bits per heavy atom.